The molecule has 3 rings (SSSR count). The molecule has 0 radical (unpaired) electrons. The average Bonchev–Trinajstić information content (AvgIpc) is 3.04. The number of carbonyl (C=O) groups excluding carboxylic acids is 2. The van der Waals surface area contributed by atoms with Gasteiger partial charge in [0, 0.05) is 24.3 Å². The first-order valence-electron chi connectivity index (χ1n) is 9.32. The molecule has 0 aromatic heterocycles. The highest BCUT2D eigenvalue weighted by atomic mass is 16.2. The van der Waals surface area contributed by atoms with E-state index in [1.54, 1.807) is 0 Å². The van der Waals surface area contributed by atoms with Crippen LogP contribution in [0.4, 0.5) is 11.4 Å². The normalized spacial score (nSPS) is 16.8. The Hall–Kier alpha value is -2.62. The van der Waals surface area contributed by atoms with Crippen molar-refractivity contribution in [1.82, 2.24) is 0 Å². The molecule has 0 spiro atoms. The molecule has 26 heavy (non-hydrogen) atoms. The predicted molar refractivity (Wildman–Crippen MR) is 105 cm³/mol. The monoisotopic (exact) mass is 350 g/mol. The standard InChI is InChI=1S/C22H26N2O2/c1-4-16-7-6-8-17(5-2)21(16)24-14-18(13-20(24)25)22(26)23-19-11-9-15(3)10-12-19/h6-12,18H,4-5,13-14H2,1-3H3,(H,23,26). The highest BCUT2D eigenvalue weighted by Gasteiger charge is 2.36. The van der Waals surface area contributed by atoms with Crippen LogP contribution in [0.2, 0.25) is 0 Å². The Morgan fingerprint density at radius 2 is 1.69 bits per heavy atom. The van der Waals surface area contributed by atoms with E-state index in [1.165, 1.54) is 0 Å². The Labute approximate surface area is 155 Å². The van der Waals surface area contributed by atoms with Gasteiger partial charge in [-0.2, -0.15) is 0 Å². The van der Waals surface area contributed by atoms with Crippen LogP contribution >= 0.6 is 0 Å². The van der Waals surface area contributed by atoms with Crippen molar-refractivity contribution in [3.63, 3.8) is 0 Å². The molecule has 2 aromatic carbocycles. The zero-order chi connectivity index (χ0) is 18.7. The van der Waals surface area contributed by atoms with E-state index in [0.717, 1.165) is 40.9 Å². The first kappa shape index (κ1) is 18.2. The fraction of sp³-hybridized carbons (Fsp3) is 0.364. The van der Waals surface area contributed by atoms with Gasteiger partial charge >= 0.3 is 0 Å². The van der Waals surface area contributed by atoms with Gasteiger partial charge in [-0.1, -0.05) is 49.7 Å². The van der Waals surface area contributed by atoms with Crippen LogP contribution in [0.1, 0.15) is 37.0 Å². The number of carbonyl (C=O) groups is 2. The number of rotatable bonds is 5. The summed E-state index contributed by atoms with van der Waals surface area (Å²) < 4.78 is 0. The van der Waals surface area contributed by atoms with Crippen molar-refractivity contribution in [2.24, 2.45) is 5.92 Å². The summed E-state index contributed by atoms with van der Waals surface area (Å²) in [6, 6.07) is 13.9. The van der Waals surface area contributed by atoms with Crippen LogP contribution in [0.3, 0.4) is 0 Å². The van der Waals surface area contributed by atoms with Gasteiger partial charge in [-0.25, -0.2) is 0 Å². The van der Waals surface area contributed by atoms with Gasteiger partial charge in [-0.3, -0.25) is 9.59 Å². The van der Waals surface area contributed by atoms with Gasteiger partial charge in [0.2, 0.25) is 11.8 Å². The number of hydrogen-bond acceptors (Lipinski definition) is 2. The number of nitrogens with one attached hydrogen (secondary N) is 1. The number of para-hydroxylation sites is 1. The van der Waals surface area contributed by atoms with Crippen molar-refractivity contribution in [3.8, 4) is 0 Å². The molecule has 1 N–H and O–H groups in total. The highest BCUT2D eigenvalue weighted by Crippen LogP contribution is 2.32. The van der Waals surface area contributed by atoms with E-state index in [9.17, 15) is 9.59 Å². The van der Waals surface area contributed by atoms with Crippen molar-refractivity contribution < 1.29 is 9.59 Å². The predicted octanol–water partition coefficient (Wildman–Crippen LogP) is 4.11. The summed E-state index contributed by atoms with van der Waals surface area (Å²) in [4.78, 5) is 27.1. The van der Waals surface area contributed by atoms with E-state index < -0.39 is 0 Å². The highest BCUT2D eigenvalue weighted by molar-refractivity contribution is 6.04. The topological polar surface area (TPSA) is 49.4 Å². The lowest BCUT2D eigenvalue weighted by atomic mass is 10.0. The van der Waals surface area contributed by atoms with Crippen LogP contribution in [0.5, 0.6) is 0 Å². The molecule has 136 valence electrons. The van der Waals surface area contributed by atoms with Crippen molar-refractivity contribution in [2.75, 3.05) is 16.8 Å². The quantitative estimate of drug-likeness (QED) is 0.882. The fourth-order valence-corrected chi connectivity index (χ4v) is 3.54. The number of benzene rings is 2. The second-order valence-corrected chi connectivity index (χ2v) is 6.89. The fourth-order valence-electron chi connectivity index (χ4n) is 3.54. The maximum absolute atomic E-state index is 12.7. The third kappa shape index (κ3) is 3.64. The van der Waals surface area contributed by atoms with Gasteiger partial charge in [0.15, 0.2) is 0 Å². The van der Waals surface area contributed by atoms with Crippen LogP contribution < -0.4 is 10.2 Å². The molecule has 1 aliphatic rings. The second-order valence-electron chi connectivity index (χ2n) is 6.89. The molecule has 0 aliphatic carbocycles. The summed E-state index contributed by atoms with van der Waals surface area (Å²) in [5, 5.41) is 2.94. The average molecular weight is 350 g/mol. The van der Waals surface area contributed by atoms with E-state index in [2.05, 4.69) is 31.3 Å². The number of anilines is 2. The molecule has 2 amide bonds. The van der Waals surface area contributed by atoms with E-state index in [0.29, 0.717) is 6.54 Å². The molecule has 1 saturated heterocycles. The zero-order valence-corrected chi connectivity index (χ0v) is 15.7. The first-order chi connectivity index (χ1) is 12.5. The van der Waals surface area contributed by atoms with Gasteiger partial charge in [-0.15, -0.1) is 0 Å². The van der Waals surface area contributed by atoms with Crippen LogP contribution in [-0.4, -0.2) is 18.4 Å². The van der Waals surface area contributed by atoms with Crippen LogP contribution in [0.25, 0.3) is 0 Å². The number of amides is 2. The molecular formula is C22H26N2O2. The third-order valence-corrected chi connectivity index (χ3v) is 5.05. The lowest BCUT2D eigenvalue weighted by molar-refractivity contribution is -0.122. The van der Waals surface area contributed by atoms with Crippen molar-refractivity contribution in [1.29, 1.82) is 0 Å². The molecule has 1 unspecified atom stereocenters. The lowest BCUT2D eigenvalue weighted by Gasteiger charge is -2.23. The Morgan fingerprint density at radius 1 is 1.08 bits per heavy atom. The molecule has 1 atom stereocenters. The molecular weight excluding hydrogens is 324 g/mol. The molecule has 0 saturated carbocycles. The van der Waals surface area contributed by atoms with E-state index >= 15 is 0 Å². The van der Waals surface area contributed by atoms with Crippen molar-refractivity contribution >= 4 is 23.2 Å². The number of aryl methyl sites for hydroxylation is 3. The SMILES string of the molecule is CCc1cccc(CC)c1N1CC(C(=O)Nc2ccc(C)cc2)CC1=O. The van der Waals surface area contributed by atoms with Crippen LogP contribution in [0.15, 0.2) is 42.5 Å². The lowest BCUT2D eigenvalue weighted by Crippen LogP contribution is -2.29. The van der Waals surface area contributed by atoms with Crippen LogP contribution in [0, 0.1) is 12.8 Å². The molecule has 1 aliphatic heterocycles. The maximum Gasteiger partial charge on any atom is 0.229 e. The Kier molecular flexibility index (Phi) is 5.40. The first-order valence-corrected chi connectivity index (χ1v) is 9.32. The molecule has 2 aromatic rings. The van der Waals surface area contributed by atoms with Gasteiger partial charge in [0.1, 0.15) is 0 Å². The summed E-state index contributed by atoms with van der Waals surface area (Å²) in [6.07, 6.45) is 2.00. The maximum atomic E-state index is 12.7. The Balaban J connectivity index is 1.79. The summed E-state index contributed by atoms with van der Waals surface area (Å²) in [7, 11) is 0. The summed E-state index contributed by atoms with van der Waals surface area (Å²) in [5.41, 5.74) is 5.26. The summed E-state index contributed by atoms with van der Waals surface area (Å²) in [6.45, 7) is 6.65. The van der Waals surface area contributed by atoms with E-state index in [-0.39, 0.29) is 24.2 Å². The van der Waals surface area contributed by atoms with Gasteiger partial charge < -0.3 is 10.2 Å². The van der Waals surface area contributed by atoms with Gasteiger partial charge in [0.05, 0.1) is 5.92 Å². The molecule has 4 nitrogen and oxygen atoms in total. The van der Waals surface area contributed by atoms with Crippen molar-refractivity contribution in [3.05, 3.63) is 59.2 Å². The number of nitrogens with zero attached hydrogens (tertiary/aromatic N) is 1. The van der Waals surface area contributed by atoms with Gasteiger partial charge in [0.25, 0.3) is 0 Å². The third-order valence-electron chi connectivity index (χ3n) is 5.05. The zero-order valence-electron chi connectivity index (χ0n) is 15.7. The Bertz CT molecular complexity index is 789. The van der Waals surface area contributed by atoms with Gasteiger partial charge in [-0.05, 0) is 43.0 Å². The molecule has 4 heteroatoms. The van der Waals surface area contributed by atoms with E-state index in [4.69, 9.17) is 0 Å². The molecule has 1 fully saturated rings. The minimum absolute atomic E-state index is 0.0321. The molecule has 0 bridgehead atoms. The largest absolute Gasteiger partial charge is 0.326 e. The summed E-state index contributed by atoms with van der Waals surface area (Å²) >= 11 is 0. The van der Waals surface area contributed by atoms with E-state index in [1.807, 2.05) is 42.2 Å². The minimum atomic E-state index is -0.321. The Morgan fingerprint density at radius 3 is 2.27 bits per heavy atom. The minimum Gasteiger partial charge on any atom is -0.326 e. The second kappa shape index (κ2) is 7.73. The van der Waals surface area contributed by atoms with Crippen LogP contribution in [-0.2, 0) is 22.4 Å². The molecule has 1 heterocycles. The smallest absolute Gasteiger partial charge is 0.229 e. The number of hydrogen-bond donors (Lipinski definition) is 1. The summed E-state index contributed by atoms with van der Waals surface area (Å²) in [5.74, 6) is -0.375. The van der Waals surface area contributed by atoms with Crippen molar-refractivity contribution in [2.45, 2.75) is 40.0 Å².